The van der Waals surface area contributed by atoms with Crippen molar-refractivity contribution in [2.75, 3.05) is 0 Å². The Kier molecular flexibility index (Phi) is 3.94. The molecule has 0 radical (unpaired) electrons. The zero-order valence-corrected chi connectivity index (χ0v) is 13.2. The minimum Gasteiger partial charge on any atom is -0.0652 e. The van der Waals surface area contributed by atoms with E-state index < -0.39 is 0 Å². The smallest absolute Gasteiger partial charge is 0.0652 e. The highest BCUT2D eigenvalue weighted by Gasteiger charge is 2.25. The first-order valence-electron chi connectivity index (χ1n) is 6.00. The fourth-order valence-corrected chi connectivity index (χ4v) is 3.05. The maximum atomic E-state index is 3.70. The average Bonchev–Trinajstić information content (AvgIpc) is 2.23. The lowest BCUT2D eigenvalue weighted by molar-refractivity contribution is 0.638. The van der Waals surface area contributed by atoms with Gasteiger partial charge in [0.15, 0.2) is 0 Å². The Morgan fingerprint density at radius 2 is 1.38 bits per heavy atom. The van der Waals surface area contributed by atoms with Gasteiger partial charge in [-0.05, 0) is 60.8 Å². The van der Waals surface area contributed by atoms with Crippen LogP contribution in [0.15, 0.2) is 4.47 Å². The molecule has 0 saturated heterocycles. The van der Waals surface area contributed by atoms with E-state index in [9.17, 15) is 0 Å². The molecule has 0 heterocycles. The molecule has 0 fully saturated rings. The van der Waals surface area contributed by atoms with Crippen LogP contribution in [0.2, 0.25) is 0 Å². The SMILES string of the molecule is BC(C)(CC)c1c(C)c(C)c(Br)c(C)c1C. The molecule has 1 aromatic carbocycles. The number of hydrogen-bond acceptors (Lipinski definition) is 0. The third-order valence-electron chi connectivity index (χ3n) is 4.09. The molecule has 0 nitrogen and oxygen atoms in total. The molecule has 0 saturated carbocycles. The third kappa shape index (κ3) is 2.09. The van der Waals surface area contributed by atoms with Crippen molar-refractivity contribution in [3.8, 4) is 0 Å². The van der Waals surface area contributed by atoms with E-state index in [0.717, 1.165) is 0 Å². The van der Waals surface area contributed by atoms with E-state index in [0.29, 0.717) is 0 Å². The zero-order valence-electron chi connectivity index (χ0n) is 11.6. The van der Waals surface area contributed by atoms with Gasteiger partial charge < -0.3 is 0 Å². The highest BCUT2D eigenvalue weighted by atomic mass is 79.9. The van der Waals surface area contributed by atoms with E-state index in [1.807, 2.05) is 0 Å². The maximum absolute atomic E-state index is 3.70. The molecule has 1 atom stereocenters. The molecule has 16 heavy (non-hydrogen) atoms. The van der Waals surface area contributed by atoms with E-state index in [2.05, 4.69) is 65.3 Å². The van der Waals surface area contributed by atoms with Gasteiger partial charge in [0, 0.05) is 4.47 Å². The van der Waals surface area contributed by atoms with Gasteiger partial charge in [0.05, 0.1) is 0 Å². The second-order valence-electron chi connectivity index (χ2n) is 5.43. The van der Waals surface area contributed by atoms with Gasteiger partial charge in [-0.2, -0.15) is 0 Å². The lowest BCUT2D eigenvalue weighted by Crippen LogP contribution is -2.24. The Bertz CT molecular complexity index is 390. The van der Waals surface area contributed by atoms with Crippen LogP contribution in [-0.4, -0.2) is 7.85 Å². The fraction of sp³-hybridized carbons (Fsp3) is 0.571. The van der Waals surface area contributed by atoms with Crippen LogP contribution >= 0.6 is 15.9 Å². The van der Waals surface area contributed by atoms with Crippen LogP contribution in [0.4, 0.5) is 0 Å². The molecule has 0 aliphatic heterocycles. The first kappa shape index (κ1) is 13.8. The van der Waals surface area contributed by atoms with Crippen LogP contribution < -0.4 is 0 Å². The van der Waals surface area contributed by atoms with E-state index in [1.165, 1.54) is 38.7 Å². The van der Waals surface area contributed by atoms with Gasteiger partial charge in [-0.3, -0.25) is 0 Å². The van der Waals surface area contributed by atoms with Crippen molar-refractivity contribution in [3.63, 3.8) is 0 Å². The normalized spacial score (nSPS) is 14.9. The Morgan fingerprint density at radius 1 is 1.00 bits per heavy atom. The van der Waals surface area contributed by atoms with Crippen LogP contribution in [0.3, 0.4) is 0 Å². The summed E-state index contributed by atoms with van der Waals surface area (Å²) in [6, 6.07) is 0. The summed E-state index contributed by atoms with van der Waals surface area (Å²) in [5.41, 5.74) is 7.20. The van der Waals surface area contributed by atoms with Gasteiger partial charge in [0.25, 0.3) is 0 Å². The van der Waals surface area contributed by atoms with Crippen molar-refractivity contribution in [2.45, 2.75) is 53.3 Å². The van der Waals surface area contributed by atoms with Gasteiger partial charge in [0.2, 0.25) is 0 Å². The van der Waals surface area contributed by atoms with E-state index >= 15 is 0 Å². The molecule has 1 unspecified atom stereocenters. The van der Waals surface area contributed by atoms with E-state index in [1.54, 1.807) is 0 Å². The number of rotatable bonds is 2. The molecule has 1 aromatic rings. The molecule has 0 aromatic heterocycles. The topological polar surface area (TPSA) is 0 Å². The lowest BCUT2D eigenvalue weighted by Gasteiger charge is -2.30. The van der Waals surface area contributed by atoms with Crippen molar-refractivity contribution in [1.29, 1.82) is 0 Å². The molecule has 0 aliphatic rings. The van der Waals surface area contributed by atoms with Crippen LogP contribution in [0.1, 0.15) is 48.1 Å². The summed E-state index contributed by atoms with van der Waals surface area (Å²) in [6.45, 7) is 13.5. The monoisotopic (exact) mass is 280 g/mol. The van der Waals surface area contributed by atoms with Crippen LogP contribution in [0.25, 0.3) is 0 Å². The quantitative estimate of drug-likeness (QED) is 0.720. The summed E-state index contributed by atoms with van der Waals surface area (Å²) in [5.74, 6) is 0. The van der Waals surface area contributed by atoms with Crippen molar-refractivity contribution in [1.82, 2.24) is 0 Å². The summed E-state index contributed by atoms with van der Waals surface area (Å²) in [7, 11) is 2.34. The molecule has 1 rings (SSSR count). The van der Waals surface area contributed by atoms with Gasteiger partial charge in [-0.15, -0.1) is 0 Å². The second-order valence-corrected chi connectivity index (χ2v) is 6.22. The summed E-state index contributed by atoms with van der Waals surface area (Å²) in [4.78, 5) is 0. The lowest BCUT2D eigenvalue weighted by atomic mass is 9.61. The minimum atomic E-state index is 0.268. The van der Waals surface area contributed by atoms with Crippen molar-refractivity contribution in [3.05, 3.63) is 32.3 Å². The molecule has 0 aliphatic carbocycles. The predicted octanol–water partition coefficient (Wildman–Crippen LogP) is 3.94. The molecule has 2 heteroatoms. The van der Waals surface area contributed by atoms with Crippen molar-refractivity contribution in [2.24, 2.45) is 0 Å². The van der Waals surface area contributed by atoms with Crippen LogP contribution in [0, 0.1) is 27.7 Å². The number of hydrogen-bond donors (Lipinski definition) is 0. The van der Waals surface area contributed by atoms with E-state index in [4.69, 9.17) is 0 Å². The molecular weight excluding hydrogens is 259 g/mol. The molecular formula is C14H22BBr. The van der Waals surface area contributed by atoms with Crippen LogP contribution in [-0.2, 0) is 5.31 Å². The first-order valence-corrected chi connectivity index (χ1v) is 6.79. The molecule has 0 N–H and O–H groups in total. The standard InChI is InChI=1S/C14H22BBr/c1-7-14(6,15)12-8(2)10(4)13(16)11(5)9(12)3/h7,15H2,1-6H3. The average molecular weight is 281 g/mol. The summed E-state index contributed by atoms with van der Waals surface area (Å²) >= 11 is 3.70. The Labute approximate surface area is 109 Å². The van der Waals surface area contributed by atoms with Crippen LogP contribution in [0.5, 0.6) is 0 Å². The maximum Gasteiger partial charge on any atom is 0.114 e. The van der Waals surface area contributed by atoms with Gasteiger partial charge in [-0.25, -0.2) is 0 Å². The Morgan fingerprint density at radius 3 is 1.69 bits per heavy atom. The minimum absolute atomic E-state index is 0.268. The Hall–Kier alpha value is -0.235. The van der Waals surface area contributed by atoms with E-state index in [-0.39, 0.29) is 5.31 Å². The summed E-state index contributed by atoms with van der Waals surface area (Å²) in [6.07, 6.45) is 1.18. The van der Waals surface area contributed by atoms with Gasteiger partial charge in [0.1, 0.15) is 7.85 Å². The largest absolute Gasteiger partial charge is 0.114 e. The number of halogens is 1. The first-order chi connectivity index (χ1) is 7.24. The van der Waals surface area contributed by atoms with Crippen molar-refractivity contribution >= 4 is 23.8 Å². The predicted molar refractivity (Wildman–Crippen MR) is 79.3 cm³/mol. The third-order valence-corrected chi connectivity index (χ3v) is 5.28. The molecule has 0 bridgehead atoms. The Balaban J connectivity index is 3.65. The second kappa shape index (κ2) is 4.56. The summed E-state index contributed by atoms with van der Waals surface area (Å²) in [5, 5.41) is 0.268. The molecule has 88 valence electrons. The summed E-state index contributed by atoms with van der Waals surface area (Å²) < 4.78 is 1.28. The highest BCUT2D eigenvalue weighted by molar-refractivity contribution is 9.10. The number of benzene rings is 1. The molecule has 0 amide bonds. The fourth-order valence-electron chi connectivity index (χ4n) is 2.46. The van der Waals surface area contributed by atoms with Gasteiger partial charge in [-0.1, -0.05) is 36.2 Å². The van der Waals surface area contributed by atoms with Gasteiger partial charge >= 0.3 is 0 Å². The highest BCUT2D eigenvalue weighted by Crippen LogP contribution is 2.37. The molecule has 0 spiro atoms. The van der Waals surface area contributed by atoms with Crippen molar-refractivity contribution < 1.29 is 0 Å². The zero-order chi connectivity index (χ0) is 12.7.